The monoisotopic (exact) mass is 359 g/mol. The molecule has 0 aliphatic rings. The molecule has 24 heavy (non-hydrogen) atoms. The predicted octanol–water partition coefficient (Wildman–Crippen LogP) is 5.96. The molecule has 0 saturated carbocycles. The van der Waals surface area contributed by atoms with Gasteiger partial charge in [0.25, 0.3) is 0 Å². The number of unbranched alkanes of at least 4 members (excludes halogenated alkanes) is 1. The number of nitrogens with zero attached hydrogens (tertiary/aromatic N) is 1. The summed E-state index contributed by atoms with van der Waals surface area (Å²) in [5, 5.41) is 0.417. The van der Waals surface area contributed by atoms with Crippen molar-refractivity contribution in [1.82, 2.24) is 4.90 Å². The lowest BCUT2D eigenvalue weighted by Crippen LogP contribution is -2.15. The molecule has 0 radical (unpaired) electrons. The van der Waals surface area contributed by atoms with Crippen molar-refractivity contribution in [2.75, 3.05) is 32.1 Å². The second-order valence-electron chi connectivity index (χ2n) is 6.24. The van der Waals surface area contributed by atoms with E-state index in [2.05, 4.69) is 80.5 Å². The molecule has 1 atom stereocenters. The molecular weight excluding hydrogens is 330 g/mol. The number of benzene rings is 2. The van der Waals surface area contributed by atoms with Crippen molar-refractivity contribution in [3.05, 3.63) is 65.7 Å². The minimum atomic E-state index is 0.417. The summed E-state index contributed by atoms with van der Waals surface area (Å²) in [6, 6.07) is 20.1. The van der Waals surface area contributed by atoms with Crippen LogP contribution < -0.4 is 0 Å². The van der Waals surface area contributed by atoms with Gasteiger partial charge in [0, 0.05) is 17.2 Å². The Morgan fingerprint density at radius 2 is 1.54 bits per heavy atom. The normalized spacial score (nSPS) is 12.5. The molecule has 0 aliphatic heterocycles. The highest BCUT2D eigenvalue weighted by molar-refractivity contribution is 7.99. The SMILES string of the molecule is CCCCSc1ccc(C(SCCN(C)C)c2ccccc2)cc1. The molecule has 130 valence electrons. The van der Waals surface area contributed by atoms with Crippen LogP contribution in [0.1, 0.15) is 36.1 Å². The van der Waals surface area contributed by atoms with Crippen LogP contribution in [-0.2, 0) is 0 Å². The van der Waals surface area contributed by atoms with Gasteiger partial charge in [-0.3, -0.25) is 0 Å². The highest BCUT2D eigenvalue weighted by atomic mass is 32.2. The third-order valence-corrected chi connectivity index (χ3v) is 6.27. The molecule has 0 aliphatic carbocycles. The van der Waals surface area contributed by atoms with Crippen molar-refractivity contribution in [3.8, 4) is 0 Å². The zero-order chi connectivity index (χ0) is 17.2. The van der Waals surface area contributed by atoms with Crippen LogP contribution in [0.25, 0.3) is 0 Å². The van der Waals surface area contributed by atoms with E-state index in [1.165, 1.54) is 34.6 Å². The summed E-state index contributed by atoms with van der Waals surface area (Å²) in [6.07, 6.45) is 2.56. The number of rotatable bonds is 10. The molecule has 0 saturated heterocycles. The van der Waals surface area contributed by atoms with Gasteiger partial charge in [-0.1, -0.05) is 55.8 Å². The highest BCUT2D eigenvalue weighted by Crippen LogP contribution is 2.36. The smallest absolute Gasteiger partial charge is 0.0547 e. The fraction of sp³-hybridized carbons (Fsp3) is 0.429. The van der Waals surface area contributed by atoms with Crippen molar-refractivity contribution in [2.45, 2.75) is 29.9 Å². The first-order valence-corrected chi connectivity index (χ1v) is 10.8. The average Bonchev–Trinajstić information content (AvgIpc) is 2.60. The summed E-state index contributed by atoms with van der Waals surface area (Å²) in [6.45, 7) is 3.36. The van der Waals surface area contributed by atoms with E-state index >= 15 is 0 Å². The predicted molar refractivity (Wildman–Crippen MR) is 111 cm³/mol. The van der Waals surface area contributed by atoms with Gasteiger partial charge in [0.05, 0.1) is 5.25 Å². The first kappa shape index (κ1) is 19.4. The molecule has 3 heteroatoms. The van der Waals surface area contributed by atoms with E-state index in [-0.39, 0.29) is 0 Å². The first-order chi connectivity index (χ1) is 11.7. The Balaban J connectivity index is 2.08. The molecule has 0 aromatic heterocycles. The zero-order valence-electron chi connectivity index (χ0n) is 15.1. The summed E-state index contributed by atoms with van der Waals surface area (Å²) in [4.78, 5) is 3.64. The number of thioether (sulfide) groups is 2. The second-order valence-corrected chi connectivity index (χ2v) is 8.62. The maximum atomic E-state index is 2.31. The van der Waals surface area contributed by atoms with E-state index in [4.69, 9.17) is 0 Å². The third kappa shape index (κ3) is 6.54. The fourth-order valence-electron chi connectivity index (χ4n) is 2.44. The lowest BCUT2D eigenvalue weighted by molar-refractivity contribution is 0.437. The van der Waals surface area contributed by atoms with Crippen molar-refractivity contribution < 1.29 is 0 Å². The Kier molecular flexibility index (Phi) is 8.79. The Morgan fingerprint density at radius 1 is 0.875 bits per heavy atom. The van der Waals surface area contributed by atoms with Crippen LogP contribution in [0, 0.1) is 0 Å². The third-order valence-electron chi connectivity index (χ3n) is 3.87. The van der Waals surface area contributed by atoms with Crippen LogP contribution in [0.2, 0.25) is 0 Å². The van der Waals surface area contributed by atoms with Crippen molar-refractivity contribution >= 4 is 23.5 Å². The van der Waals surface area contributed by atoms with E-state index < -0.39 is 0 Å². The van der Waals surface area contributed by atoms with Gasteiger partial charge in [-0.2, -0.15) is 0 Å². The van der Waals surface area contributed by atoms with Crippen LogP contribution in [0.3, 0.4) is 0 Å². The quantitative estimate of drug-likeness (QED) is 0.380. The maximum Gasteiger partial charge on any atom is 0.0547 e. The minimum absolute atomic E-state index is 0.417. The fourth-order valence-corrected chi connectivity index (χ4v) is 4.84. The van der Waals surface area contributed by atoms with Gasteiger partial charge in [-0.05, 0) is 49.5 Å². The molecule has 0 spiro atoms. The second kappa shape index (κ2) is 10.9. The average molecular weight is 360 g/mol. The molecule has 2 aromatic carbocycles. The first-order valence-electron chi connectivity index (χ1n) is 8.74. The minimum Gasteiger partial charge on any atom is -0.309 e. The van der Waals surface area contributed by atoms with E-state index in [1.807, 2.05) is 23.5 Å². The summed E-state index contributed by atoms with van der Waals surface area (Å²) in [5.41, 5.74) is 2.80. The van der Waals surface area contributed by atoms with Gasteiger partial charge in [0.2, 0.25) is 0 Å². The molecule has 2 rings (SSSR count). The van der Waals surface area contributed by atoms with Crippen LogP contribution in [0.4, 0.5) is 0 Å². The molecular formula is C21H29NS2. The lowest BCUT2D eigenvalue weighted by Gasteiger charge is -2.19. The summed E-state index contributed by atoms with van der Waals surface area (Å²) in [7, 11) is 4.28. The number of hydrogen-bond donors (Lipinski definition) is 0. The van der Waals surface area contributed by atoms with E-state index in [0.29, 0.717) is 5.25 Å². The Morgan fingerprint density at radius 3 is 2.17 bits per heavy atom. The van der Waals surface area contributed by atoms with E-state index in [1.54, 1.807) is 0 Å². The van der Waals surface area contributed by atoms with Gasteiger partial charge in [-0.15, -0.1) is 23.5 Å². The van der Waals surface area contributed by atoms with Gasteiger partial charge in [0.1, 0.15) is 0 Å². The molecule has 0 N–H and O–H groups in total. The van der Waals surface area contributed by atoms with Gasteiger partial charge in [0.15, 0.2) is 0 Å². The molecule has 0 bridgehead atoms. The number of hydrogen-bond acceptors (Lipinski definition) is 3. The van der Waals surface area contributed by atoms with Gasteiger partial charge in [-0.25, -0.2) is 0 Å². The molecule has 0 amide bonds. The highest BCUT2D eigenvalue weighted by Gasteiger charge is 2.14. The van der Waals surface area contributed by atoms with Crippen LogP contribution >= 0.6 is 23.5 Å². The Bertz CT molecular complexity index is 566. The van der Waals surface area contributed by atoms with Crippen LogP contribution in [-0.4, -0.2) is 37.0 Å². The topological polar surface area (TPSA) is 3.24 Å². The Hall–Kier alpha value is -0.900. The van der Waals surface area contributed by atoms with Crippen molar-refractivity contribution in [1.29, 1.82) is 0 Å². The molecule has 0 heterocycles. The molecule has 1 nitrogen and oxygen atoms in total. The Labute approximate surface area is 156 Å². The molecule has 1 unspecified atom stereocenters. The van der Waals surface area contributed by atoms with Crippen LogP contribution in [0.5, 0.6) is 0 Å². The van der Waals surface area contributed by atoms with Gasteiger partial charge >= 0.3 is 0 Å². The molecule has 2 aromatic rings. The summed E-state index contributed by atoms with van der Waals surface area (Å²) < 4.78 is 0. The van der Waals surface area contributed by atoms with Gasteiger partial charge < -0.3 is 4.90 Å². The van der Waals surface area contributed by atoms with E-state index in [9.17, 15) is 0 Å². The molecule has 0 fully saturated rings. The largest absolute Gasteiger partial charge is 0.309 e. The summed E-state index contributed by atoms with van der Waals surface area (Å²) in [5.74, 6) is 2.36. The van der Waals surface area contributed by atoms with Crippen molar-refractivity contribution in [2.24, 2.45) is 0 Å². The van der Waals surface area contributed by atoms with E-state index in [0.717, 1.165) is 12.3 Å². The summed E-state index contributed by atoms with van der Waals surface area (Å²) >= 11 is 4.00. The standard InChI is InChI=1S/C21H29NS2/c1-4-5-16-23-20-13-11-19(12-14-20)21(24-17-15-22(2)3)18-9-7-6-8-10-18/h6-14,21H,4-5,15-17H2,1-3H3. The zero-order valence-corrected chi connectivity index (χ0v) is 16.7. The maximum absolute atomic E-state index is 2.31. The van der Waals surface area contributed by atoms with Crippen molar-refractivity contribution in [3.63, 3.8) is 0 Å². The lowest BCUT2D eigenvalue weighted by atomic mass is 10.0. The van der Waals surface area contributed by atoms with Crippen LogP contribution in [0.15, 0.2) is 59.5 Å².